The molecular weight excluding hydrogens is 677 g/mol. The van der Waals surface area contributed by atoms with Gasteiger partial charge in [0.05, 0.1) is 37.0 Å². The SMILES string of the molecule is Cc1cc(C=CC2O[N+]3(Cc4ccc(COc5ccc(OC(C)C)cc5)cc4)CCN2CC3)cc(C)c1Oc1ccc(OCc2ccc(C#N)cc2)cn1. The van der Waals surface area contributed by atoms with Crippen LogP contribution in [0.4, 0.5) is 0 Å². The molecule has 0 aliphatic carbocycles. The first-order valence-corrected chi connectivity index (χ1v) is 18.5. The molecule has 4 aromatic carbocycles. The quantitative estimate of drug-likeness (QED) is 0.105. The zero-order chi connectivity index (χ0) is 37.5. The van der Waals surface area contributed by atoms with E-state index >= 15 is 0 Å². The van der Waals surface area contributed by atoms with Crippen LogP contribution in [-0.4, -0.2) is 53.0 Å². The Labute approximate surface area is 318 Å². The summed E-state index contributed by atoms with van der Waals surface area (Å²) in [5, 5.41) is 8.99. The molecule has 3 aliphatic heterocycles. The molecule has 1 unspecified atom stereocenters. The lowest BCUT2D eigenvalue weighted by Crippen LogP contribution is -2.68. The molecule has 2 bridgehead atoms. The van der Waals surface area contributed by atoms with Gasteiger partial charge in [0, 0.05) is 11.6 Å². The number of aromatic nitrogens is 1. The van der Waals surface area contributed by atoms with Crippen LogP contribution in [0, 0.1) is 25.2 Å². The molecule has 1 atom stereocenters. The van der Waals surface area contributed by atoms with Gasteiger partial charge in [-0.2, -0.15) is 14.7 Å². The Kier molecular flexibility index (Phi) is 11.3. The number of nitriles is 1. The van der Waals surface area contributed by atoms with Gasteiger partial charge in [0.25, 0.3) is 0 Å². The van der Waals surface area contributed by atoms with Crippen molar-refractivity contribution in [1.29, 1.82) is 5.26 Å². The molecule has 0 N–H and O–H groups in total. The number of aryl methyl sites for hydroxylation is 2. The molecule has 9 heteroatoms. The number of benzene rings is 4. The highest BCUT2D eigenvalue weighted by Crippen LogP contribution is 2.32. The number of hydrogen-bond donors (Lipinski definition) is 0. The minimum absolute atomic E-state index is 0.0871. The molecule has 1 aromatic heterocycles. The summed E-state index contributed by atoms with van der Waals surface area (Å²) in [6.07, 6.45) is 6.06. The summed E-state index contributed by atoms with van der Waals surface area (Å²) in [6.45, 7) is 13.8. The minimum Gasteiger partial charge on any atom is -0.491 e. The van der Waals surface area contributed by atoms with Crippen LogP contribution in [0.1, 0.15) is 52.8 Å². The molecule has 0 amide bonds. The summed E-state index contributed by atoms with van der Waals surface area (Å²) >= 11 is 0. The number of pyridine rings is 1. The average Bonchev–Trinajstić information content (AvgIpc) is 3.19. The molecule has 5 aromatic rings. The van der Waals surface area contributed by atoms with Gasteiger partial charge >= 0.3 is 0 Å². The van der Waals surface area contributed by atoms with Crippen LogP contribution in [0.25, 0.3) is 6.08 Å². The fourth-order valence-corrected chi connectivity index (χ4v) is 6.87. The molecule has 8 rings (SSSR count). The van der Waals surface area contributed by atoms with E-state index in [0.29, 0.717) is 35.1 Å². The lowest BCUT2D eigenvalue weighted by Gasteiger charge is -2.51. The van der Waals surface area contributed by atoms with Crippen molar-refractivity contribution in [2.45, 2.75) is 59.8 Å². The molecular formula is C45H47N4O5+. The summed E-state index contributed by atoms with van der Waals surface area (Å²) in [5.41, 5.74) is 7.15. The van der Waals surface area contributed by atoms with E-state index in [1.807, 2.05) is 62.4 Å². The highest BCUT2D eigenvalue weighted by atomic mass is 16.7. The van der Waals surface area contributed by atoms with Crippen LogP contribution in [-0.2, 0) is 24.6 Å². The summed E-state index contributed by atoms with van der Waals surface area (Å²) in [6, 6.07) is 33.9. The molecule has 276 valence electrons. The number of nitrogens with zero attached hydrogens (tertiary/aromatic N) is 4. The van der Waals surface area contributed by atoms with Gasteiger partial charge < -0.3 is 18.9 Å². The third-order valence-corrected chi connectivity index (χ3v) is 9.72. The van der Waals surface area contributed by atoms with Crippen molar-refractivity contribution in [3.63, 3.8) is 0 Å². The Hall–Kier alpha value is -5.66. The van der Waals surface area contributed by atoms with Crippen molar-refractivity contribution in [2.75, 3.05) is 26.2 Å². The fraction of sp³-hybridized carbons (Fsp3) is 0.289. The van der Waals surface area contributed by atoms with Gasteiger partial charge in [-0.1, -0.05) is 42.5 Å². The molecule has 3 aliphatic rings. The van der Waals surface area contributed by atoms with Crippen molar-refractivity contribution >= 4 is 6.08 Å². The van der Waals surface area contributed by atoms with Gasteiger partial charge in [-0.3, -0.25) is 4.90 Å². The van der Waals surface area contributed by atoms with Gasteiger partial charge in [0.2, 0.25) is 5.88 Å². The molecule has 3 fully saturated rings. The van der Waals surface area contributed by atoms with E-state index in [4.69, 9.17) is 29.0 Å². The van der Waals surface area contributed by atoms with E-state index in [0.717, 1.165) is 77.8 Å². The highest BCUT2D eigenvalue weighted by molar-refractivity contribution is 5.57. The zero-order valence-corrected chi connectivity index (χ0v) is 31.4. The largest absolute Gasteiger partial charge is 0.491 e. The number of rotatable bonds is 14. The average molecular weight is 724 g/mol. The van der Waals surface area contributed by atoms with Crippen molar-refractivity contribution in [1.82, 2.24) is 9.88 Å². The Morgan fingerprint density at radius 3 is 2.02 bits per heavy atom. The van der Waals surface area contributed by atoms with Gasteiger partial charge in [0.1, 0.15) is 55.8 Å². The monoisotopic (exact) mass is 723 g/mol. The summed E-state index contributed by atoms with van der Waals surface area (Å²) < 4.78 is 24.5. The predicted octanol–water partition coefficient (Wildman–Crippen LogP) is 8.92. The molecule has 0 spiro atoms. The van der Waals surface area contributed by atoms with E-state index in [1.165, 1.54) is 5.56 Å². The van der Waals surface area contributed by atoms with E-state index in [1.54, 1.807) is 18.3 Å². The second kappa shape index (κ2) is 16.6. The maximum absolute atomic E-state index is 8.99. The Balaban J connectivity index is 0.917. The third kappa shape index (κ3) is 9.28. The first kappa shape index (κ1) is 36.7. The van der Waals surface area contributed by atoms with Crippen molar-refractivity contribution in [3.05, 3.63) is 148 Å². The van der Waals surface area contributed by atoms with Gasteiger partial charge in [0.15, 0.2) is 6.23 Å². The van der Waals surface area contributed by atoms with Crippen LogP contribution in [0.2, 0.25) is 0 Å². The van der Waals surface area contributed by atoms with Crippen LogP contribution in [0.5, 0.6) is 28.9 Å². The van der Waals surface area contributed by atoms with Gasteiger partial charge in [-0.25, -0.2) is 4.98 Å². The molecule has 0 saturated carbocycles. The summed E-state index contributed by atoms with van der Waals surface area (Å²) in [5.74, 6) is 3.61. The van der Waals surface area contributed by atoms with Crippen LogP contribution in [0.3, 0.4) is 0 Å². The van der Waals surface area contributed by atoms with Crippen molar-refractivity contribution < 1.29 is 28.4 Å². The van der Waals surface area contributed by atoms with Crippen LogP contribution in [0.15, 0.2) is 109 Å². The topological polar surface area (TPSA) is 86.1 Å². The van der Waals surface area contributed by atoms with E-state index < -0.39 is 0 Å². The number of piperazine rings is 1. The Bertz CT molecular complexity index is 2060. The second-order valence-electron chi connectivity index (χ2n) is 14.3. The first-order valence-electron chi connectivity index (χ1n) is 18.5. The number of fused-ring (bicyclic) bond motifs is 3. The molecule has 3 saturated heterocycles. The van der Waals surface area contributed by atoms with Gasteiger partial charge in [-0.05, 0) is 116 Å². The minimum atomic E-state index is -0.0871. The summed E-state index contributed by atoms with van der Waals surface area (Å²) in [7, 11) is 0. The second-order valence-corrected chi connectivity index (χ2v) is 14.3. The zero-order valence-electron chi connectivity index (χ0n) is 31.4. The number of hydroxylamine groups is 3. The van der Waals surface area contributed by atoms with E-state index in [2.05, 4.69) is 78.4 Å². The maximum Gasteiger partial charge on any atom is 0.219 e. The normalized spacial score (nSPS) is 19.1. The predicted molar refractivity (Wildman–Crippen MR) is 208 cm³/mol. The number of quaternary nitrogens is 1. The first-order chi connectivity index (χ1) is 26.2. The lowest BCUT2D eigenvalue weighted by atomic mass is 10.0. The molecule has 9 nitrogen and oxygen atoms in total. The van der Waals surface area contributed by atoms with Crippen molar-refractivity contribution in [3.8, 4) is 34.9 Å². The maximum atomic E-state index is 8.99. The third-order valence-electron chi connectivity index (χ3n) is 9.72. The lowest BCUT2D eigenvalue weighted by molar-refractivity contribution is -1.14. The molecule has 4 heterocycles. The van der Waals surface area contributed by atoms with Gasteiger partial charge in [-0.15, -0.1) is 0 Å². The fourth-order valence-electron chi connectivity index (χ4n) is 6.87. The van der Waals surface area contributed by atoms with E-state index in [-0.39, 0.29) is 12.3 Å². The Morgan fingerprint density at radius 2 is 1.41 bits per heavy atom. The van der Waals surface area contributed by atoms with Crippen LogP contribution >= 0.6 is 0 Å². The van der Waals surface area contributed by atoms with Crippen molar-refractivity contribution in [2.24, 2.45) is 0 Å². The molecule has 0 radical (unpaired) electrons. The van der Waals surface area contributed by atoms with E-state index in [9.17, 15) is 0 Å². The Morgan fingerprint density at radius 1 is 0.815 bits per heavy atom. The summed E-state index contributed by atoms with van der Waals surface area (Å²) in [4.78, 5) is 13.7. The van der Waals surface area contributed by atoms with Crippen LogP contribution < -0.4 is 18.9 Å². The highest BCUT2D eigenvalue weighted by Gasteiger charge is 2.45. The smallest absolute Gasteiger partial charge is 0.219 e. The number of hydrogen-bond acceptors (Lipinski definition) is 8. The standard InChI is InChI=1S/C45H47N4O5/c1-32(2)52-41-16-14-40(15-17-41)50-30-38-11-7-36(8-12-38)29-49-23-21-48(22-24-49)44(54-49)20-13-39-25-33(3)45(34(4)26-39)53-43-19-18-42(28-47-43)51-31-37-9-5-35(27-46)6-10-37/h5-20,25-26,28,32,44H,21-24,29-31H2,1-4H3/q+1. The molecule has 54 heavy (non-hydrogen) atoms. The number of ether oxygens (including phenoxy) is 4.